The molecule has 0 spiro atoms. The lowest BCUT2D eigenvalue weighted by Crippen LogP contribution is -2.40. The molecule has 6 nitrogen and oxygen atoms in total. The molecule has 1 saturated carbocycles. The first-order valence-electron chi connectivity index (χ1n) is 6.10. The van der Waals surface area contributed by atoms with Gasteiger partial charge in [-0.15, -0.1) is 0 Å². The summed E-state index contributed by atoms with van der Waals surface area (Å²) in [5.74, 6) is -0.934. The van der Waals surface area contributed by atoms with E-state index < -0.39 is 35.3 Å². The Balaban J connectivity index is 2.32. The number of rotatable bonds is 4. The van der Waals surface area contributed by atoms with Crippen molar-refractivity contribution in [3.05, 3.63) is 33.9 Å². The van der Waals surface area contributed by atoms with Crippen molar-refractivity contribution >= 4 is 17.3 Å². The third kappa shape index (κ3) is 3.61. The number of hydrogen-bond acceptors (Lipinski definition) is 4. The number of nitrogens with two attached hydrogens (primary N) is 1. The van der Waals surface area contributed by atoms with E-state index >= 15 is 0 Å². The van der Waals surface area contributed by atoms with Crippen LogP contribution in [0.15, 0.2) is 18.2 Å². The molecule has 0 bridgehead atoms. The lowest BCUT2D eigenvalue weighted by molar-refractivity contribution is -0.384. The molecule has 0 aliphatic heterocycles. The Bertz CT molecular complexity index is 585. The van der Waals surface area contributed by atoms with Gasteiger partial charge in [-0.1, -0.05) is 0 Å². The van der Waals surface area contributed by atoms with E-state index in [4.69, 9.17) is 5.73 Å². The average molecular weight is 303 g/mol. The molecule has 1 aliphatic carbocycles. The summed E-state index contributed by atoms with van der Waals surface area (Å²) in [5.41, 5.74) is 4.81. The van der Waals surface area contributed by atoms with Crippen molar-refractivity contribution < 1.29 is 22.9 Å². The van der Waals surface area contributed by atoms with Crippen LogP contribution in [0.25, 0.3) is 0 Å². The fourth-order valence-electron chi connectivity index (χ4n) is 1.94. The van der Waals surface area contributed by atoms with Gasteiger partial charge >= 0.3 is 6.18 Å². The van der Waals surface area contributed by atoms with Crippen LogP contribution in [0.1, 0.15) is 23.2 Å². The highest BCUT2D eigenvalue weighted by molar-refractivity contribution is 6.00. The molecular weight excluding hydrogens is 291 g/mol. The number of halogens is 3. The minimum absolute atomic E-state index is 0.0848. The number of amides is 1. The van der Waals surface area contributed by atoms with Crippen LogP contribution in [0.4, 0.5) is 24.5 Å². The molecule has 9 heteroatoms. The van der Waals surface area contributed by atoms with Crippen LogP contribution in [-0.2, 0) is 0 Å². The quantitative estimate of drug-likeness (QED) is 0.525. The zero-order chi connectivity index (χ0) is 15.8. The molecule has 1 aromatic rings. The van der Waals surface area contributed by atoms with Crippen LogP contribution in [0, 0.1) is 10.1 Å². The monoisotopic (exact) mass is 303 g/mol. The first-order chi connectivity index (χ1) is 9.69. The van der Waals surface area contributed by atoms with E-state index in [1.54, 1.807) is 0 Å². The fourth-order valence-corrected chi connectivity index (χ4v) is 1.94. The molecule has 0 radical (unpaired) electrons. The summed E-state index contributed by atoms with van der Waals surface area (Å²) >= 11 is 0. The smallest absolute Gasteiger partial charge is 0.398 e. The van der Waals surface area contributed by atoms with Crippen molar-refractivity contribution in [3.8, 4) is 0 Å². The Morgan fingerprint density at radius 3 is 2.52 bits per heavy atom. The summed E-state index contributed by atoms with van der Waals surface area (Å²) in [6.07, 6.45) is -3.57. The lowest BCUT2D eigenvalue weighted by Gasteiger charge is -2.24. The van der Waals surface area contributed by atoms with Gasteiger partial charge in [0.15, 0.2) is 0 Å². The van der Waals surface area contributed by atoms with E-state index in [1.165, 1.54) is 0 Å². The Hall–Kier alpha value is -2.32. The zero-order valence-electron chi connectivity index (χ0n) is 10.8. The summed E-state index contributed by atoms with van der Waals surface area (Å²) < 4.78 is 37.6. The SMILES string of the molecule is Nc1ccc([N+](=O)[O-])cc1C(=O)N(CC(F)(F)F)C1CC1. The van der Waals surface area contributed by atoms with Crippen LogP contribution >= 0.6 is 0 Å². The van der Waals surface area contributed by atoms with Gasteiger partial charge in [-0.25, -0.2) is 0 Å². The van der Waals surface area contributed by atoms with E-state index in [1.807, 2.05) is 0 Å². The third-order valence-electron chi connectivity index (χ3n) is 3.08. The van der Waals surface area contributed by atoms with Crippen molar-refractivity contribution in [2.24, 2.45) is 0 Å². The van der Waals surface area contributed by atoms with E-state index in [9.17, 15) is 28.1 Å². The minimum atomic E-state index is -4.53. The molecule has 0 atom stereocenters. The maximum absolute atomic E-state index is 12.5. The van der Waals surface area contributed by atoms with Gasteiger partial charge in [-0.2, -0.15) is 13.2 Å². The summed E-state index contributed by atoms with van der Waals surface area (Å²) in [7, 11) is 0. The number of nitro benzene ring substituents is 1. The molecule has 21 heavy (non-hydrogen) atoms. The number of nitrogen functional groups attached to an aromatic ring is 1. The average Bonchev–Trinajstić information content (AvgIpc) is 3.18. The van der Waals surface area contributed by atoms with Gasteiger partial charge in [0.25, 0.3) is 11.6 Å². The number of benzene rings is 1. The predicted molar refractivity (Wildman–Crippen MR) is 67.6 cm³/mol. The number of carbonyl (C=O) groups is 1. The molecule has 1 fully saturated rings. The number of nitrogens with zero attached hydrogens (tertiary/aromatic N) is 2. The van der Waals surface area contributed by atoms with Crippen molar-refractivity contribution in [3.63, 3.8) is 0 Å². The van der Waals surface area contributed by atoms with Gasteiger partial charge in [0.2, 0.25) is 0 Å². The minimum Gasteiger partial charge on any atom is -0.398 e. The number of anilines is 1. The Kier molecular flexibility index (Phi) is 3.75. The van der Waals surface area contributed by atoms with Crippen molar-refractivity contribution in [2.45, 2.75) is 25.1 Å². The Labute approximate surface area is 117 Å². The van der Waals surface area contributed by atoms with Gasteiger partial charge in [0.1, 0.15) is 6.54 Å². The summed E-state index contributed by atoms with van der Waals surface area (Å²) in [4.78, 5) is 22.9. The van der Waals surface area contributed by atoms with Crippen LogP contribution in [0.3, 0.4) is 0 Å². The topological polar surface area (TPSA) is 89.5 Å². The molecule has 0 unspecified atom stereocenters. The third-order valence-corrected chi connectivity index (χ3v) is 3.08. The van der Waals surface area contributed by atoms with Crippen LogP contribution < -0.4 is 5.73 Å². The van der Waals surface area contributed by atoms with Gasteiger partial charge in [-0.05, 0) is 18.9 Å². The van der Waals surface area contributed by atoms with Crippen molar-refractivity contribution in [2.75, 3.05) is 12.3 Å². The van der Waals surface area contributed by atoms with E-state index in [0.717, 1.165) is 18.2 Å². The first kappa shape index (κ1) is 15.1. The van der Waals surface area contributed by atoms with Crippen molar-refractivity contribution in [1.82, 2.24) is 4.90 Å². The molecule has 1 amide bonds. The van der Waals surface area contributed by atoms with E-state index in [2.05, 4.69) is 0 Å². The van der Waals surface area contributed by atoms with Crippen molar-refractivity contribution in [1.29, 1.82) is 0 Å². The fraction of sp³-hybridized carbons (Fsp3) is 0.417. The summed E-state index contributed by atoms with van der Waals surface area (Å²) in [5, 5.41) is 10.7. The second-order valence-corrected chi connectivity index (χ2v) is 4.81. The second kappa shape index (κ2) is 5.23. The highest BCUT2D eigenvalue weighted by Crippen LogP contribution is 2.32. The predicted octanol–water partition coefficient (Wildman–Crippen LogP) is 2.34. The first-order valence-corrected chi connectivity index (χ1v) is 6.10. The Morgan fingerprint density at radius 2 is 2.05 bits per heavy atom. The maximum atomic E-state index is 12.5. The maximum Gasteiger partial charge on any atom is 0.406 e. The van der Waals surface area contributed by atoms with E-state index in [-0.39, 0.29) is 11.3 Å². The number of hydrogen-bond donors (Lipinski definition) is 1. The van der Waals surface area contributed by atoms with Gasteiger partial charge < -0.3 is 10.6 Å². The molecule has 114 valence electrons. The lowest BCUT2D eigenvalue weighted by atomic mass is 10.1. The zero-order valence-corrected chi connectivity index (χ0v) is 10.8. The number of carbonyl (C=O) groups excluding carboxylic acids is 1. The number of alkyl halides is 3. The van der Waals surface area contributed by atoms with Gasteiger partial charge in [0, 0.05) is 23.9 Å². The van der Waals surface area contributed by atoms with E-state index in [0.29, 0.717) is 17.7 Å². The normalized spacial score (nSPS) is 14.8. The molecule has 2 N–H and O–H groups in total. The summed E-state index contributed by atoms with van der Waals surface area (Å²) in [6.45, 7) is -1.39. The highest BCUT2D eigenvalue weighted by atomic mass is 19.4. The molecule has 0 aromatic heterocycles. The second-order valence-electron chi connectivity index (χ2n) is 4.81. The van der Waals surface area contributed by atoms with Crippen LogP contribution in [0.2, 0.25) is 0 Å². The van der Waals surface area contributed by atoms with Gasteiger partial charge in [-0.3, -0.25) is 14.9 Å². The van der Waals surface area contributed by atoms with Crippen LogP contribution in [-0.4, -0.2) is 34.5 Å². The molecule has 2 rings (SSSR count). The molecule has 0 heterocycles. The molecular formula is C12H12F3N3O3. The Morgan fingerprint density at radius 1 is 1.43 bits per heavy atom. The molecule has 1 aliphatic rings. The largest absolute Gasteiger partial charge is 0.406 e. The standard InChI is InChI=1S/C12H12F3N3O3/c13-12(14,15)6-17(7-1-2-7)11(19)9-5-8(18(20)21)3-4-10(9)16/h3-5,7H,1-2,6,16H2. The molecule has 0 saturated heterocycles. The number of nitro groups is 1. The molecule has 1 aromatic carbocycles. The van der Waals surface area contributed by atoms with Gasteiger partial charge in [0.05, 0.1) is 10.5 Å². The number of non-ortho nitro benzene ring substituents is 1. The highest BCUT2D eigenvalue weighted by Gasteiger charge is 2.41. The van der Waals surface area contributed by atoms with Crippen LogP contribution in [0.5, 0.6) is 0 Å². The summed E-state index contributed by atoms with van der Waals surface area (Å²) in [6, 6.07) is 2.66.